The number of aromatic nitrogens is 5. The van der Waals surface area contributed by atoms with Crippen LogP contribution in [0.4, 0.5) is 5.82 Å². The van der Waals surface area contributed by atoms with Crippen LogP contribution in [-0.2, 0) is 16.6 Å². The summed E-state index contributed by atoms with van der Waals surface area (Å²) >= 11 is 0. The molecule has 0 amide bonds. The topological polar surface area (TPSA) is 137 Å². The number of nitrogens with one attached hydrogen (secondary N) is 1. The molecule has 0 radical (unpaired) electrons. The highest BCUT2D eigenvalue weighted by Gasteiger charge is 2.17. The van der Waals surface area contributed by atoms with E-state index in [0.717, 1.165) is 22.3 Å². The van der Waals surface area contributed by atoms with Crippen LogP contribution in [-0.4, -0.2) is 40.1 Å². The van der Waals surface area contributed by atoms with Gasteiger partial charge in [-0.15, -0.1) is 5.10 Å². The van der Waals surface area contributed by atoms with Gasteiger partial charge >= 0.3 is 0 Å². The Bertz CT molecular complexity index is 1620. The summed E-state index contributed by atoms with van der Waals surface area (Å²) in [6, 6.07) is 18.8. The number of benzene rings is 1. The fourth-order valence-electron chi connectivity index (χ4n) is 3.66. The number of ether oxygens (including phenoxy) is 1. The summed E-state index contributed by atoms with van der Waals surface area (Å²) in [6.45, 7) is 0.373. The average molecular weight is 488 g/mol. The van der Waals surface area contributed by atoms with Gasteiger partial charge in [-0.25, -0.2) is 28.0 Å². The zero-order valence-electron chi connectivity index (χ0n) is 18.7. The zero-order chi connectivity index (χ0) is 24.4. The molecule has 176 valence electrons. The highest BCUT2D eigenvalue weighted by Crippen LogP contribution is 2.31. The van der Waals surface area contributed by atoms with E-state index in [9.17, 15) is 8.42 Å². The lowest BCUT2D eigenvalue weighted by molar-refractivity contribution is 0.396. The summed E-state index contributed by atoms with van der Waals surface area (Å²) in [7, 11) is -2.37. The van der Waals surface area contributed by atoms with Crippen LogP contribution in [0.5, 0.6) is 5.88 Å². The first-order valence-corrected chi connectivity index (χ1v) is 12.1. The van der Waals surface area contributed by atoms with Crippen LogP contribution >= 0.6 is 0 Å². The number of nitrogens with two attached hydrogens (primary N) is 1. The fourth-order valence-corrected chi connectivity index (χ4v) is 4.16. The number of rotatable bonds is 7. The number of hydrogen-bond donors (Lipinski definition) is 2. The second-order valence-corrected chi connectivity index (χ2v) is 9.21. The van der Waals surface area contributed by atoms with E-state index in [-0.39, 0.29) is 10.7 Å². The highest BCUT2D eigenvalue weighted by atomic mass is 32.2. The van der Waals surface area contributed by atoms with Crippen LogP contribution in [0.2, 0.25) is 0 Å². The van der Waals surface area contributed by atoms with Gasteiger partial charge < -0.3 is 10.1 Å². The van der Waals surface area contributed by atoms with Gasteiger partial charge in [-0.2, -0.15) is 0 Å². The molecule has 0 aliphatic rings. The van der Waals surface area contributed by atoms with Crippen molar-refractivity contribution in [3.05, 3.63) is 84.9 Å². The number of fused-ring (bicyclic) bond motifs is 1. The van der Waals surface area contributed by atoms with Gasteiger partial charge in [0, 0.05) is 35.8 Å². The maximum Gasteiger partial charge on any atom is 0.239 e. The number of sulfonamides is 1. The maximum absolute atomic E-state index is 11.8. The molecule has 0 bridgehead atoms. The molecule has 0 saturated heterocycles. The van der Waals surface area contributed by atoms with Crippen LogP contribution in [0.15, 0.2) is 84.1 Å². The number of primary sulfonamides is 1. The normalized spacial score (nSPS) is 11.5. The van der Waals surface area contributed by atoms with E-state index in [1.165, 1.54) is 18.5 Å². The van der Waals surface area contributed by atoms with E-state index in [4.69, 9.17) is 14.9 Å². The fraction of sp³-hybridized carbons (Fsp3) is 0.0833. The van der Waals surface area contributed by atoms with E-state index < -0.39 is 10.0 Å². The third kappa shape index (κ3) is 4.67. The molecule has 0 unspecified atom stereocenters. The number of anilines is 1. The van der Waals surface area contributed by atoms with Crippen molar-refractivity contribution < 1.29 is 13.2 Å². The van der Waals surface area contributed by atoms with Gasteiger partial charge in [-0.1, -0.05) is 36.4 Å². The lowest BCUT2D eigenvalue weighted by Gasteiger charge is -2.12. The molecule has 4 heterocycles. The van der Waals surface area contributed by atoms with Crippen molar-refractivity contribution in [3.8, 4) is 28.4 Å². The molecule has 0 fully saturated rings. The zero-order valence-corrected chi connectivity index (χ0v) is 19.5. The smallest absolute Gasteiger partial charge is 0.239 e. The molecule has 0 saturated carbocycles. The predicted octanol–water partition coefficient (Wildman–Crippen LogP) is 3.12. The molecule has 0 aliphatic heterocycles. The van der Waals surface area contributed by atoms with Gasteiger partial charge in [0.2, 0.25) is 15.9 Å². The monoisotopic (exact) mass is 487 g/mol. The summed E-state index contributed by atoms with van der Waals surface area (Å²) in [5, 5.41) is 13.2. The van der Waals surface area contributed by atoms with Crippen LogP contribution in [0.25, 0.3) is 28.0 Å². The standard InChI is InChI=1S/C24H21N7O3S/c1-34-21-9-5-8-18(28-21)14-27-24-22-20(16-6-3-2-4-7-16)10-11-31(22)30-23(29-24)17-12-19(15-26-13-17)35(25,32)33/h2-13,15H,14H2,1H3,(H2,25,32,33)(H,27,29,30). The van der Waals surface area contributed by atoms with E-state index in [1.807, 2.05) is 54.7 Å². The molecule has 4 aromatic heterocycles. The summed E-state index contributed by atoms with van der Waals surface area (Å²) < 4.78 is 30.6. The van der Waals surface area contributed by atoms with Crippen molar-refractivity contribution in [3.63, 3.8) is 0 Å². The Morgan fingerprint density at radius 3 is 2.60 bits per heavy atom. The van der Waals surface area contributed by atoms with Gasteiger partial charge in [0.05, 0.1) is 19.3 Å². The van der Waals surface area contributed by atoms with E-state index in [1.54, 1.807) is 17.7 Å². The minimum absolute atomic E-state index is 0.119. The molecule has 0 aliphatic carbocycles. The Kier molecular flexibility index (Phi) is 5.85. The number of pyridine rings is 2. The molecule has 11 heteroatoms. The molecule has 5 aromatic rings. The number of methoxy groups -OCH3 is 1. The van der Waals surface area contributed by atoms with Crippen molar-refractivity contribution in [2.75, 3.05) is 12.4 Å². The van der Waals surface area contributed by atoms with Crippen molar-refractivity contribution >= 4 is 21.4 Å². The number of nitrogens with zero attached hydrogens (tertiary/aromatic N) is 5. The van der Waals surface area contributed by atoms with E-state index in [2.05, 4.69) is 20.4 Å². The van der Waals surface area contributed by atoms with Gasteiger partial charge in [-0.05, 0) is 23.8 Å². The van der Waals surface area contributed by atoms with E-state index >= 15 is 0 Å². The minimum Gasteiger partial charge on any atom is -0.481 e. The Labute approximate surface area is 201 Å². The molecular formula is C24H21N7O3S. The molecule has 3 N–H and O–H groups in total. The van der Waals surface area contributed by atoms with Gasteiger partial charge in [0.25, 0.3) is 0 Å². The largest absolute Gasteiger partial charge is 0.481 e. The van der Waals surface area contributed by atoms with E-state index in [0.29, 0.717) is 23.8 Å². The highest BCUT2D eigenvalue weighted by molar-refractivity contribution is 7.89. The second kappa shape index (κ2) is 9.12. The lowest BCUT2D eigenvalue weighted by Crippen LogP contribution is -2.13. The molecule has 0 spiro atoms. The Morgan fingerprint density at radius 2 is 1.83 bits per heavy atom. The predicted molar refractivity (Wildman–Crippen MR) is 131 cm³/mol. The first-order valence-electron chi connectivity index (χ1n) is 10.6. The Balaban J connectivity index is 1.63. The third-order valence-corrected chi connectivity index (χ3v) is 6.20. The SMILES string of the molecule is COc1cccc(CNc2nc(-c3cncc(S(N)(=O)=O)c3)nn3ccc(-c4ccccc4)c23)n1. The first-order chi connectivity index (χ1) is 16.9. The summed E-state index contributed by atoms with van der Waals surface area (Å²) in [5.41, 5.74) is 3.88. The van der Waals surface area contributed by atoms with Gasteiger partial charge in [-0.3, -0.25) is 4.98 Å². The molecule has 5 rings (SSSR count). The van der Waals surface area contributed by atoms with Crippen LogP contribution < -0.4 is 15.2 Å². The molecule has 1 aromatic carbocycles. The quantitative estimate of drug-likeness (QED) is 0.357. The molecular weight excluding hydrogens is 466 g/mol. The third-order valence-electron chi connectivity index (χ3n) is 5.32. The average Bonchev–Trinajstić information content (AvgIpc) is 3.32. The molecule has 10 nitrogen and oxygen atoms in total. The first kappa shape index (κ1) is 22.4. The van der Waals surface area contributed by atoms with Crippen molar-refractivity contribution in [2.45, 2.75) is 11.4 Å². The van der Waals surface area contributed by atoms with Crippen LogP contribution in [0.1, 0.15) is 5.69 Å². The van der Waals surface area contributed by atoms with Gasteiger partial charge in [0.15, 0.2) is 11.6 Å². The minimum atomic E-state index is -3.93. The van der Waals surface area contributed by atoms with Crippen molar-refractivity contribution in [2.24, 2.45) is 5.14 Å². The molecule has 0 atom stereocenters. The summed E-state index contributed by atoms with van der Waals surface area (Å²) in [5.74, 6) is 1.34. The summed E-state index contributed by atoms with van der Waals surface area (Å²) in [6.07, 6.45) is 4.51. The Hall–Kier alpha value is -4.35. The van der Waals surface area contributed by atoms with Crippen LogP contribution in [0.3, 0.4) is 0 Å². The van der Waals surface area contributed by atoms with Crippen LogP contribution in [0, 0.1) is 0 Å². The lowest BCUT2D eigenvalue weighted by atomic mass is 10.1. The molecule has 35 heavy (non-hydrogen) atoms. The van der Waals surface area contributed by atoms with Crippen molar-refractivity contribution in [1.29, 1.82) is 0 Å². The second-order valence-electron chi connectivity index (χ2n) is 7.65. The van der Waals surface area contributed by atoms with Gasteiger partial charge in [0.1, 0.15) is 10.4 Å². The summed E-state index contributed by atoms with van der Waals surface area (Å²) in [4.78, 5) is 13.1. The Morgan fingerprint density at radius 1 is 1.00 bits per heavy atom. The maximum atomic E-state index is 11.8. The number of hydrogen-bond acceptors (Lipinski definition) is 8. The van der Waals surface area contributed by atoms with Crippen molar-refractivity contribution in [1.82, 2.24) is 24.6 Å².